The van der Waals surface area contributed by atoms with Gasteiger partial charge in [0.05, 0.1) is 17.4 Å². The second kappa shape index (κ2) is 6.42. The second-order valence-electron chi connectivity index (χ2n) is 5.63. The van der Waals surface area contributed by atoms with Crippen LogP contribution >= 0.6 is 11.6 Å². The van der Waals surface area contributed by atoms with Crippen molar-refractivity contribution in [2.45, 2.75) is 0 Å². The Kier molecular flexibility index (Phi) is 3.96. The summed E-state index contributed by atoms with van der Waals surface area (Å²) in [5, 5.41) is 9.96. The zero-order chi connectivity index (χ0) is 17.2. The minimum Gasteiger partial charge on any atom is -0.321 e. The first-order valence-electron chi connectivity index (χ1n) is 7.80. The van der Waals surface area contributed by atoms with Crippen molar-refractivity contribution in [3.8, 4) is 5.69 Å². The van der Waals surface area contributed by atoms with Gasteiger partial charge in [0.25, 0.3) is 5.91 Å². The van der Waals surface area contributed by atoms with Gasteiger partial charge in [0.2, 0.25) is 0 Å². The average molecular weight is 348 g/mol. The molecule has 0 unspecified atom stereocenters. The van der Waals surface area contributed by atoms with Crippen molar-refractivity contribution in [3.63, 3.8) is 0 Å². The molecular weight excluding hydrogens is 334 g/mol. The van der Waals surface area contributed by atoms with E-state index in [2.05, 4.69) is 10.4 Å². The number of benzene rings is 3. The maximum atomic E-state index is 12.6. The smallest absolute Gasteiger partial charge is 0.258 e. The van der Waals surface area contributed by atoms with E-state index in [-0.39, 0.29) is 5.91 Å². The molecule has 25 heavy (non-hydrogen) atoms. The quantitative estimate of drug-likeness (QED) is 0.571. The van der Waals surface area contributed by atoms with Gasteiger partial charge in [-0.2, -0.15) is 5.10 Å². The lowest BCUT2D eigenvalue weighted by molar-refractivity contribution is 0.102. The van der Waals surface area contributed by atoms with Gasteiger partial charge in [-0.3, -0.25) is 4.79 Å². The van der Waals surface area contributed by atoms with Crippen LogP contribution in [0.5, 0.6) is 0 Å². The Balaban J connectivity index is 1.60. The molecule has 0 atom stereocenters. The van der Waals surface area contributed by atoms with Crippen LogP contribution in [-0.2, 0) is 0 Å². The highest BCUT2D eigenvalue weighted by atomic mass is 35.5. The number of carbonyl (C=O) groups is 1. The minimum absolute atomic E-state index is 0.198. The van der Waals surface area contributed by atoms with E-state index in [0.29, 0.717) is 10.6 Å². The third kappa shape index (κ3) is 3.12. The lowest BCUT2D eigenvalue weighted by Crippen LogP contribution is -2.11. The van der Waals surface area contributed by atoms with Crippen LogP contribution in [0, 0.1) is 0 Å². The fourth-order valence-corrected chi connectivity index (χ4v) is 2.83. The first kappa shape index (κ1) is 15.4. The largest absolute Gasteiger partial charge is 0.321 e. The molecule has 0 saturated heterocycles. The molecule has 1 aromatic heterocycles. The van der Waals surface area contributed by atoms with Gasteiger partial charge in [-0.1, -0.05) is 48.0 Å². The molecule has 0 fully saturated rings. The van der Waals surface area contributed by atoms with Crippen molar-refractivity contribution in [1.82, 2.24) is 9.78 Å². The molecule has 0 aliphatic carbocycles. The molecule has 4 nitrogen and oxygen atoms in total. The summed E-state index contributed by atoms with van der Waals surface area (Å²) in [6.45, 7) is 0. The van der Waals surface area contributed by atoms with E-state index in [1.54, 1.807) is 29.2 Å². The lowest BCUT2D eigenvalue weighted by Gasteiger charge is -2.07. The highest BCUT2D eigenvalue weighted by Crippen LogP contribution is 2.23. The number of halogens is 1. The first-order valence-corrected chi connectivity index (χ1v) is 8.18. The van der Waals surface area contributed by atoms with Gasteiger partial charge in [0.15, 0.2) is 0 Å². The molecule has 0 spiro atoms. The number of anilines is 1. The van der Waals surface area contributed by atoms with E-state index < -0.39 is 0 Å². The van der Waals surface area contributed by atoms with E-state index in [4.69, 9.17) is 11.6 Å². The second-order valence-corrected chi connectivity index (χ2v) is 6.07. The Bertz CT molecular complexity index is 1050. The van der Waals surface area contributed by atoms with Gasteiger partial charge in [0, 0.05) is 22.3 Å². The van der Waals surface area contributed by atoms with Crippen LogP contribution in [0.1, 0.15) is 10.4 Å². The lowest BCUT2D eigenvalue weighted by atomic mass is 10.1. The predicted molar refractivity (Wildman–Crippen MR) is 100 cm³/mol. The van der Waals surface area contributed by atoms with Gasteiger partial charge >= 0.3 is 0 Å². The molecular formula is C20H14ClN3O. The average Bonchev–Trinajstić information content (AvgIpc) is 3.13. The Labute approximate surface area is 149 Å². The van der Waals surface area contributed by atoms with Crippen LogP contribution in [0.2, 0.25) is 5.02 Å². The monoisotopic (exact) mass is 347 g/mol. The third-order valence-corrected chi connectivity index (χ3v) is 4.23. The summed E-state index contributed by atoms with van der Waals surface area (Å²) >= 11 is 5.90. The fraction of sp³-hybridized carbons (Fsp3) is 0. The predicted octanol–water partition coefficient (Wildman–Crippen LogP) is 4.93. The summed E-state index contributed by atoms with van der Waals surface area (Å²) in [5.74, 6) is -0.198. The van der Waals surface area contributed by atoms with Crippen molar-refractivity contribution in [2.24, 2.45) is 0 Å². The highest BCUT2D eigenvalue weighted by Gasteiger charge is 2.11. The summed E-state index contributed by atoms with van der Waals surface area (Å²) < 4.78 is 1.65. The number of carbonyl (C=O) groups excluding carboxylic acids is 1. The number of rotatable bonds is 3. The van der Waals surface area contributed by atoms with Gasteiger partial charge in [-0.05, 0) is 35.7 Å². The Morgan fingerprint density at radius 3 is 2.56 bits per heavy atom. The fourth-order valence-electron chi connectivity index (χ4n) is 2.70. The third-order valence-electron chi connectivity index (χ3n) is 3.97. The molecule has 1 amide bonds. The molecule has 4 rings (SSSR count). The first-order chi connectivity index (χ1) is 12.2. The van der Waals surface area contributed by atoms with Gasteiger partial charge in [-0.25, -0.2) is 4.68 Å². The molecule has 1 N–H and O–H groups in total. The van der Waals surface area contributed by atoms with Crippen molar-refractivity contribution in [2.75, 3.05) is 5.32 Å². The summed E-state index contributed by atoms with van der Waals surface area (Å²) in [6.07, 6.45) is 3.25. The Morgan fingerprint density at radius 2 is 1.72 bits per heavy atom. The van der Waals surface area contributed by atoms with Crippen molar-refractivity contribution in [3.05, 3.63) is 89.7 Å². The van der Waals surface area contributed by atoms with Crippen LogP contribution in [-0.4, -0.2) is 15.7 Å². The molecule has 122 valence electrons. The molecule has 3 aromatic carbocycles. The van der Waals surface area contributed by atoms with Gasteiger partial charge in [-0.15, -0.1) is 0 Å². The molecule has 0 radical (unpaired) electrons. The van der Waals surface area contributed by atoms with Crippen molar-refractivity contribution in [1.29, 1.82) is 0 Å². The number of aromatic nitrogens is 2. The van der Waals surface area contributed by atoms with Crippen LogP contribution in [0.25, 0.3) is 16.5 Å². The van der Waals surface area contributed by atoms with Crippen LogP contribution < -0.4 is 5.32 Å². The summed E-state index contributed by atoms with van der Waals surface area (Å²) in [7, 11) is 0. The number of nitrogens with zero attached hydrogens (tertiary/aromatic N) is 2. The zero-order valence-electron chi connectivity index (χ0n) is 13.2. The number of hydrogen-bond acceptors (Lipinski definition) is 2. The Morgan fingerprint density at radius 1 is 0.960 bits per heavy atom. The SMILES string of the molecule is O=C(Nc1cccc2ccccc12)c1cnn(-c2ccc(Cl)cc2)c1. The van der Waals surface area contributed by atoms with E-state index >= 15 is 0 Å². The van der Waals surface area contributed by atoms with Crippen LogP contribution in [0.3, 0.4) is 0 Å². The summed E-state index contributed by atoms with van der Waals surface area (Å²) in [6, 6.07) is 21.0. The number of fused-ring (bicyclic) bond motifs is 1. The van der Waals surface area contributed by atoms with E-state index in [0.717, 1.165) is 22.1 Å². The topological polar surface area (TPSA) is 46.9 Å². The minimum atomic E-state index is -0.198. The molecule has 4 aromatic rings. The normalized spacial score (nSPS) is 10.8. The van der Waals surface area contributed by atoms with E-state index in [1.165, 1.54) is 0 Å². The van der Waals surface area contributed by atoms with Gasteiger partial charge in [0.1, 0.15) is 0 Å². The summed E-state index contributed by atoms with van der Waals surface area (Å²) in [5.41, 5.74) is 2.11. The maximum Gasteiger partial charge on any atom is 0.258 e. The number of hydrogen-bond donors (Lipinski definition) is 1. The standard InChI is InChI=1S/C20H14ClN3O/c21-16-8-10-17(11-9-16)24-13-15(12-22-24)20(25)23-19-7-3-5-14-4-1-2-6-18(14)19/h1-13H,(H,23,25). The maximum absolute atomic E-state index is 12.6. The molecule has 0 aliphatic heterocycles. The van der Waals surface area contributed by atoms with Gasteiger partial charge < -0.3 is 5.32 Å². The highest BCUT2D eigenvalue weighted by molar-refractivity contribution is 6.30. The zero-order valence-corrected chi connectivity index (χ0v) is 13.9. The summed E-state index contributed by atoms with van der Waals surface area (Å²) in [4.78, 5) is 12.6. The number of amides is 1. The molecule has 1 heterocycles. The van der Waals surface area contributed by atoms with Crippen molar-refractivity contribution < 1.29 is 4.79 Å². The van der Waals surface area contributed by atoms with Crippen LogP contribution in [0.15, 0.2) is 79.1 Å². The van der Waals surface area contributed by atoms with E-state index in [9.17, 15) is 4.79 Å². The molecule has 0 saturated carbocycles. The van der Waals surface area contributed by atoms with E-state index in [1.807, 2.05) is 54.6 Å². The molecule has 0 bridgehead atoms. The van der Waals surface area contributed by atoms with Crippen LogP contribution in [0.4, 0.5) is 5.69 Å². The van der Waals surface area contributed by atoms with Crippen molar-refractivity contribution >= 4 is 34.0 Å². The molecule has 5 heteroatoms. The number of nitrogens with one attached hydrogen (secondary N) is 1. The molecule has 0 aliphatic rings. The Hall–Kier alpha value is -3.11.